The molecule has 50 heavy (non-hydrogen) atoms. The van der Waals surface area contributed by atoms with E-state index < -0.39 is 47.4 Å². The van der Waals surface area contributed by atoms with Crippen LogP contribution in [0.15, 0.2) is 46.5 Å². The number of hydrazine groups is 1. The fourth-order valence-corrected chi connectivity index (χ4v) is 5.43. The highest BCUT2D eigenvalue weighted by molar-refractivity contribution is 6.35. The fourth-order valence-electron chi connectivity index (χ4n) is 5.10. The van der Waals surface area contributed by atoms with Gasteiger partial charge in [-0.25, -0.2) is 29.0 Å². The van der Waals surface area contributed by atoms with Crippen LogP contribution in [0, 0.1) is 35.2 Å². The van der Waals surface area contributed by atoms with Crippen molar-refractivity contribution in [3.63, 3.8) is 0 Å². The lowest BCUT2D eigenvalue weighted by Gasteiger charge is -2.48. The zero-order valence-electron chi connectivity index (χ0n) is 29.6. The molecule has 0 aliphatic heterocycles. The minimum Gasteiger partial charge on any atom is -0.466 e. The number of benzene rings is 2. The van der Waals surface area contributed by atoms with E-state index in [9.17, 15) is 22.8 Å². The lowest BCUT2D eigenvalue weighted by molar-refractivity contribution is -0.146. The first-order valence-electron chi connectivity index (χ1n) is 15.9. The number of hydrogen-bond donors (Lipinski definition) is 4. The predicted octanol–water partition coefficient (Wildman–Crippen LogP) is 6.40. The monoisotopic (exact) mass is 748 g/mol. The maximum absolute atomic E-state index is 13.9. The molecule has 16 heteroatoms. The van der Waals surface area contributed by atoms with E-state index in [1.54, 1.807) is 19.1 Å². The first kappa shape index (κ1) is 46.3. The lowest BCUT2D eigenvalue weighted by Crippen LogP contribution is -2.59. The Bertz CT molecular complexity index is 1450. The van der Waals surface area contributed by atoms with Gasteiger partial charge in [0.15, 0.2) is 17.5 Å². The summed E-state index contributed by atoms with van der Waals surface area (Å²) in [6, 6.07) is 5.33. The van der Waals surface area contributed by atoms with Crippen LogP contribution in [-0.4, -0.2) is 66.5 Å². The number of halogens is 5. The summed E-state index contributed by atoms with van der Waals surface area (Å²) < 4.78 is 52.8. The first-order chi connectivity index (χ1) is 23.7. The number of nitrogens with two attached hydrogens (primary N) is 3. The van der Waals surface area contributed by atoms with Crippen molar-refractivity contribution in [2.45, 2.75) is 67.0 Å². The highest BCUT2D eigenvalue weighted by Gasteiger charge is 2.48. The Morgan fingerprint density at radius 2 is 1.64 bits per heavy atom. The molecule has 0 aromatic heterocycles. The Morgan fingerprint density at radius 3 is 2.16 bits per heavy atom. The smallest absolute Gasteiger partial charge is 0.302 e. The zero-order valence-corrected chi connectivity index (χ0v) is 31.1. The molecule has 1 saturated carbocycles. The number of carbonyl (C=O) groups excluding carboxylic acids is 2. The van der Waals surface area contributed by atoms with Crippen LogP contribution in [0.3, 0.4) is 0 Å². The number of hydrogen-bond acceptors (Lipinski definition) is 9. The van der Waals surface area contributed by atoms with Gasteiger partial charge < -0.3 is 35.9 Å². The van der Waals surface area contributed by atoms with E-state index in [1.807, 2.05) is 34.6 Å². The summed E-state index contributed by atoms with van der Waals surface area (Å²) in [5.74, 6) is 0.353. The second-order valence-electron chi connectivity index (χ2n) is 10.3. The molecular formula is C34H49Cl2F3N6O5. The maximum atomic E-state index is 13.9. The van der Waals surface area contributed by atoms with Crippen LogP contribution in [0.4, 0.5) is 18.9 Å². The third kappa shape index (κ3) is 13.6. The summed E-state index contributed by atoms with van der Waals surface area (Å²) in [6.07, 6.45) is 1.15. The van der Waals surface area contributed by atoms with Gasteiger partial charge >= 0.3 is 5.97 Å². The Balaban J connectivity index is 0.00000379. The van der Waals surface area contributed by atoms with Crippen LogP contribution in [-0.2, 0) is 19.1 Å². The Hall–Kier alpha value is -3.69. The van der Waals surface area contributed by atoms with E-state index in [0.717, 1.165) is 19.2 Å². The summed E-state index contributed by atoms with van der Waals surface area (Å²) in [5.41, 5.74) is 12.0. The van der Waals surface area contributed by atoms with Crippen LogP contribution < -0.4 is 17.3 Å². The van der Waals surface area contributed by atoms with Gasteiger partial charge in [-0.3, -0.25) is 4.79 Å². The zero-order chi connectivity index (χ0) is 38.7. The van der Waals surface area contributed by atoms with E-state index in [4.69, 9.17) is 55.1 Å². The quantitative estimate of drug-likeness (QED) is 0.0407. The molecule has 0 amide bonds. The summed E-state index contributed by atoms with van der Waals surface area (Å²) in [5, 5.41) is 8.80. The molecule has 1 aliphatic carbocycles. The predicted molar refractivity (Wildman–Crippen MR) is 193 cm³/mol. The SMILES string of the molecule is CC.CC.CC(=O)OCC1CC(C(N=C(C)N)=Nc2cc(Cl)ccc2Cl)C(OCC=O)C(N(N)/C=C(\N)c2cc(F)c(F)c(F)c2)C1C.CO. The number of nitrogens with zero attached hydrogens (tertiary/aromatic N) is 3. The molecule has 0 spiro atoms. The van der Waals surface area contributed by atoms with Gasteiger partial charge in [-0.1, -0.05) is 57.8 Å². The van der Waals surface area contributed by atoms with Crippen LogP contribution in [0.1, 0.15) is 60.5 Å². The number of aliphatic hydroxyl groups excluding tert-OH is 1. The fraction of sp³-hybridized carbons (Fsp3) is 0.471. The van der Waals surface area contributed by atoms with E-state index in [0.29, 0.717) is 17.7 Å². The molecule has 1 aliphatic rings. The number of ether oxygens (including phenoxy) is 2. The van der Waals surface area contributed by atoms with Crippen LogP contribution in [0.25, 0.3) is 5.70 Å². The third-order valence-electron chi connectivity index (χ3n) is 7.14. The van der Waals surface area contributed by atoms with Gasteiger partial charge in [0.2, 0.25) is 0 Å². The Labute approximate surface area is 302 Å². The summed E-state index contributed by atoms with van der Waals surface area (Å²) in [6.45, 7) is 12.3. The van der Waals surface area contributed by atoms with Crippen molar-refractivity contribution in [1.29, 1.82) is 0 Å². The topological polar surface area (TPSA) is 179 Å². The van der Waals surface area contributed by atoms with Crippen molar-refractivity contribution in [3.05, 3.63) is 69.6 Å². The Morgan fingerprint density at radius 1 is 1.06 bits per heavy atom. The molecule has 0 radical (unpaired) electrons. The van der Waals surface area contributed by atoms with Gasteiger partial charge in [0.05, 0.1) is 41.0 Å². The second-order valence-corrected chi connectivity index (χ2v) is 11.2. The van der Waals surface area contributed by atoms with Crippen molar-refractivity contribution >= 4 is 58.5 Å². The largest absolute Gasteiger partial charge is 0.466 e. The van der Waals surface area contributed by atoms with Crippen LogP contribution in [0.5, 0.6) is 0 Å². The summed E-state index contributed by atoms with van der Waals surface area (Å²) in [4.78, 5) is 32.3. The third-order valence-corrected chi connectivity index (χ3v) is 7.70. The number of aldehydes is 1. The molecule has 0 bridgehead atoms. The van der Waals surface area contributed by atoms with Gasteiger partial charge in [-0.05, 0) is 55.5 Å². The molecule has 0 heterocycles. The molecule has 2 aromatic rings. The van der Waals surface area contributed by atoms with E-state index in [2.05, 4.69) is 9.98 Å². The first-order valence-corrected chi connectivity index (χ1v) is 16.6. The molecule has 5 atom stereocenters. The average molecular weight is 750 g/mol. The van der Waals surface area contributed by atoms with Crippen molar-refractivity contribution in [2.24, 2.45) is 45.0 Å². The van der Waals surface area contributed by atoms with E-state index >= 15 is 0 Å². The number of amidine groups is 2. The van der Waals surface area contributed by atoms with Crippen molar-refractivity contribution in [1.82, 2.24) is 5.01 Å². The van der Waals surface area contributed by atoms with Crippen molar-refractivity contribution < 1.29 is 37.3 Å². The van der Waals surface area contributed by atoms with Crippen LogP contribution >= 0.6 is 23.2 Å². The normalized spacial score (nSPS) is 20.5. The average Bonchev–Trinajstić information content (AvgIpc) is 3.09. The molecular weight excluding hydrogens is 700 g/mol. The number of aliphatic imine (C=N–C) groups is 2. The molecule has 3 rings (SSSR count). The van der Waals surface area contributed by atoms with E-state index in [1.165, 1.54) is 24.2 Å². The van der Waals surface area contributed by atoms with Crippen LogP contribution in [0.2, 0.25) is 10.0 Å². The molecule has 7 N–H and O–H groups in total. The highest BCUT2D eigenvalue weighted by Crippen LogP contribution is 2.41. The van der Waals surface area contributed by atoms with E-state index in [-0.39, 0.29) is 52.8 Å². The number of rotatable bonds is 10. The molecule has 1 fully saturated rings. The molecule has 11 nitrogen and oxygen atoms in total. The second kappa shape index (κ2) is 23.7. The van der Waals surface area contributed by atoms with Gasteiger partial charge in [-0.15, -0.1) is 0 Å². The number of aliphatic hydroxyl groups is 1. The molecule has 0 saturated heterocycles. The van der Waals surface area contributed by atoms with Crippen molar-refractivity contribution in [2.75, 3.05) is 20.3 Å². The molecule has 5 unspecified atom stereocenters. The minimum atomic E-state index is -1.65. The summed E-state index contributed by atoms with van der Waals surface area (Å²) in [7, 11) is 1.00. The lowest BCUT2D eigenvalue weighted by atomic mass is 9.69. The number of esters is 1. The highest BCUT2D eigenvalue weighted by atomic mass is 35.5. The molecule has 280 valence electrons. The standard InChI is InChI=1S/C29H33Cl2F3N6O4.2C2H6.CH4O/c1-14-18(13-44-16(3)42)8-20(29(38-15(2)35)39-25-11-19(30)4-5-21(25)31)28(43-7-6-41)27(14)40(37)12-24(36)17-9-22(32)26(34)23(33)10-17;3*1-2/h4-6,9-12,14,18,20,27-28H,7-8,13,36-37H2,1-3H3,(H2,35,38,39);2*1-2H3;2H,1H3/b24-12-;;;. The Kier molecular flexibility index (Phi) is 21.9. The van der Waals surface area contributed by atoms with Gasteiger partial charge in [-0.2, -0.15) is 0 Å². The summed E-state index contributed by atoms with van der Waals surface area (Å²) >= 11 is 12.6. The van der Waals surface area contributed by atoms with Gasteiger partial charge in [0, 0.05) is 36.7 Å². The number of carbonyl (C=O) groups is 2. The molecule has 2 aromatic carbocycles. The maximum Gasteiger partial charge on any atom is 0.302 e. The van der Waals surface area contributed by atoms with Gasteiger partial charge in [0.1, 0.15) is 18.7 Å². The van der Waals surface area contributed by atoms with Crippen molar-refractivity contribution in [3.8, 4) is 0 Å². The van der Waals surface area contributed by atoms with Gasteiger partial charge in [0.25, 0.3) is 0 Å². The minimum absolute atomic E-state index is 0.0121.